The topological polar surface area (TPSA) is 149 Å². The minimum atomic E-state index is 0.00639. The maximum atomic E-state index is 12.5. The summed E-state index contributed by atoms with van der Waals surface area (Å²) in [6.45, 7) is 7.36. The third-order valence-electron chi connectivity index (χ3n) is 4.76. The number of nitrogens with one attached hydrogen (secondary N) is 2. The molecule has 0 aromatic carbocycles. The molecule has 1 heterocycles. The van der Waals surface area contributed by atoms with Gasteiger partial charge in [0.15, 0.2) is 0 Å². The summed E-state index contributed by atoms with van der Waals surface area (Å²) >= 11 is 0. The van der Waals surface area contributed by atoms with Crippen LogP contribution in [0.2, 0.25) is 0 Å². The molecular weight excluding hydrogens is 384 g/mol. The molecule has 1 rings (SSSR count). The van der Waals surface area contributed by atoms with E-state index in [9.17, 15) is 4.79 Å². The maximum absolute atomic E-state index is 12.5. The lowest BCUT2D eigenvalue weighted by Gasteiger charge is -2.27. The Kier molecular flexibility index (Phi) is 13.3. The zero-order valence-electron chi connectivity index (χ0n) is 17.4. The molecular formula is C19H30N10O. The fourth-order valence-corrected chi connectivity index (χ4v) is 3.08. The lowest BCUT2D eigenvalue weighted by molar-refractivity contribution is 0.177. The van der Waals surface area contributed by atoms with E-state index in [4.69, 9.17) is 21.0 Å². The van der Waals surface area contributed by atoms with Gasteiger partial charge in [-0.1, -0.05) is 0 Å². The summed E-state index contributed by atoms with van der Waals surface area (Å²) in [5, 5.41) is 41.0. The van der Waals surface area contributed by atoms with Crippen LogP contribution < -0.4 is 10.6 Å². The van der Waals surface area contributed by atoms with Crippen molar-refractivity contribution < 1.29 is 4.79 Å². The number of nitrogens with zero attached hydrogens (tertiary/aromatic N) is 8. The van der Waals surface area contributed by atoms with Crippen molar-refractivity contribution in [3.8, 4) is 24.3 Å². The zero-order valence-corrected chi connectivity index (χ0v) is 17.4. The first-order valence-electron chi connectivity index (χ1n) is 10.0. The van der Waals surface area contributed by atoms with Gasteiger partial charge in [-0.3, -0.25) is 9.80 Å². The fraction of sp³-hybridized carbons (Fsp3) is 0.737. The highest BCUT2D eigenvalue weighted by Gasteiger charge is 2.27. The van der Waals surface area contributed by atoms with E-state index in [1.807, 2.05) is 17.0 Å². The molecule has 0 radical (unpaired) electrons. The molecule has 11 nitrogen and oxygen atoms in total. The van der Waals surface area contributed by atoms with Gasteiger partial charge in [-0.2, -0.15) is 21.0 Å². The second-order valence-electron chi connectivity index (χ2n) is 6.79. The molecule has 1 fully saturated rings. The van der Waals surface area contributed by atoms with Crippen molar-refractivity contribution in [3.63, 3.8) is 0 Å². The van der Waals surface area contributed by atoms with Gasteiger partial charge in [-0.25, -0.2) is 4.79 Å². The number of rotatable bonds is 16. The van der Waals surface area contributed by atoms with Crippen molar-refractivity contribution in [1.29, 1.82) is 21.0 Å². The number of hydrogen-bond acceptors (Lipinski definition) is 9. The van der Waals surface area contributed by atoms with E-state index in [-0.39, 0.29) is 32.2 Å². The van der Waals surface area contributed by atoms with E-state index in [1.54, 1.807) is 9.80 Å². The third-order valence-corrected chi connectivity index (χ3v) is 4.76. The van der Waals surface area contributed by atoms with Gasteiger partial charge in [0.05, 0.1) is 50.5 Å². The van der Waals surface area contributed by atoms with Crippen LogP contribution in [0.5, 0.6) is 0 Å². The minimum Gasteiger partial charge on any atom is -0.322 e. The Morgan fingerprint density at radius 3 is 1.90 bits per heavy atom. The molecule has 0 aromatic heterocycles. The van der Waals surface area contributed by atoms with E-state index in [0.29, 0.717) is 65.4 Å². The lowest BCUT2D eigenvalue weighted by atomic mass is 10.3. The Labute approximate surface area is 178 Å². The standard InChI is InChI=1S/C19H30N10O/c20-1-5-24-7-11-27(14-13-26(9-3-22)10-4-23)15-16-29-18-17-28(19(29)30)12-8-25-6-2-21/h24-25H,5-18H2. The molecule has 0 unspecified atom stereocenters. The van der Waals surface area contributed by atoms with Gasteiger partial charge in [0, 0.05) is 65.4 Å². The summed E-state index contributed by atoms with van der Waals surface area (Å²) in [4.78, 5) is 20.1. The molecule has 2 amide bonds. The van der Waals surface area contributed by atoms with Crippen molar-refractivity contribution in [2.45, 2.75) is 0 Å². The van der Waals surface area contributed by atoms with Gasteiger partial charge < -0.3 is 20.4 Å². The summed E-state index contributed by atoms with van der Waals surface area (Å²) in [7, 11) is 0. The number of nitriles is 4. The highest BCUT2D eigenvalue weighted by Crippen LogP contribution is 2.08. The van der Waals surface area contributed by atoms with Gasteiger partial charge in [0.25, 0.3) is 0 Å². The van der Waals surface area contributed by atoms with E-state index in [2.05, 4.69) is 27.7 Å². The summed E-state index contributed by atoms with van der Waals surface area (Å²) < 4.78 is 0. The average Bonchev–Trinajstić information content (AvgIpc) is 3.09. The molecule has 30 heavy (non-hydrogen) atoms. The van der Waals surface area contributed by atoms with Gasteiger partial charge in [-0.05, 0) is 0 Å². The van der Waals surface area contributed by atoms with Crippen LogP contribution in [-0.4, -0.2) is 117 Å². The number of carbonyl (C=O) groups is 1. The van der Waals surface area contributed by atoms with Crippen molar-refractivity contribution in [1.82, 2.24) is 30.2 Å². The highest BCUT2D eigenvalue weighted by atomic mass is 16.2. The Balaban J connectivity index is 2.48. The van der Waals surface area contributed by atoms with Crippen LogP contribution in [0.3, 0.4) is 0 Å². The van der Waals surface area contributed by atoms with Crippen LogP contribution in [0.1, 0.15) is 0 Å². The third kappa shape index (κ3) is 10.0. The fourth-order valence-electron chi connectivity index (χ4n) is 3.08. The predicted octanol–water partition coefficient (Wildman–Crippen LogP) is -1.40. The number of hydrogen-bond donors (Lipinski definition) is 2. The summed E-state index contributed by atoms with van der Waals surface area (Å²) in [6, 6.07) is 8.22. The summed E-state index contributed by atoms with van der Waals surface area (Å²) in [6.07, 6.45) is 0. The first-order valence-corrected chi connectivity index (χ1v) is 10.0. The van der Waals surface area contributed by atoms with E-state index >= 15 is 0 Å². The number of urea groups is 1. The molecule has 0 bridgehead atoms. The van der Waals surface area contributed by atoms with Crippen molar-refractivity contribution in [3.05, 3.63) is 0 Å². The summed E-state index contributed by atoms with van der Waals surface area (Å²) in [5.41, 5.74) is 0. The van der Waals surface area contributed by atoms with Crippen LogP contribution >= 0.6 is 0 Å². The zero-order chi connectivity index (χ0) is 22.0. The van der Waals surface area contributed by atoms with Crippen LogP contribution in [-0.2, 0) is 0 Å². The predicted molar refractivity (Wildman–Crippen MR) is 110 cm³/mol. The van der Waals surface area contributed by atoms with Crippen LogP contribution in [0, 0.1) is 45.3 Å². The Morgan fingerprint density at radius 2 is 1.30 bits per heavy atom. The SMILES string of the molecule is N#CCNCCN(CCN(CC#N)CC#N)CCN1CCN(CCNCC#N)C1=O. The van der Waals surface area contributed by atoms with Gasteiger partial charge in [0.1, 0.15) is 0 Å². The second kappa shape index (κ2) is 15.9. The first kappa shape index (κ1) is 25.1. The van der Waals surface area contributed by atoms with Crippen molar-refractivity contribution >= 4 is 6.03 Å². The lowest BCUT2D eigenvalue weighted by Crippen LogP contribution is -2.43. The molecule has 0 spiro atoms. The largest absolute Gasteiger partial charge is 0.322 e. The minimum absolute atomic E-state index is 0.00639. The highest BCUT2D eigenvalue weighted by molar-refractivity contribution is 5.76. The monoisotopic (exact) mass is 414 g/mol. The molecule has 0 atom stereocenters. The molecule has 2 N–H and O–H groups in total. The van der Waals surface area contributed by atoms with Crippen LogP contribution in [0.15, 0.2) is 0 Å². The number of carbonyl (C=O) groups excluding carboxylic acids is 1. The van der Waals surface area contributed by atoms with Crippen LogP contribution in [0.4, 0.5) is 4.79 Å². The molecule has 0 saturated carbocycles. The molecule has 1 saturated heterocycles. The van der Waals surface area contributed by atoms with E-state index < -0.39 is 0 Å². The smallest absolute Gasteiger partial charge is 0.320 e. The first-order chi connectivity index (χ1) is 14.7. The Hall–Kier alpha value is -2.93. The van der Waals surface area contributed by atoms with Gasteiger partial charge >= 0.3 is 6.03 Å². The Bertz CT molecular complexity index is 655. The van der Waals surface area contributed by atoms with Gasteiger partial charge in [0.2, 0.25) is 0 Å². The van der Waals surface area contributed by atoms with Crippen molar-refractivity contribution in [2.24, 2.45) is 0 Å². The molecule has 1 aliphatic rings. The maximum Gasteiger partial charge on any atom is 0.320 e. The summed E-state index contributed by atoms with van der Waals surface area (Å²) in [5.74, 6) is 0. The molecule has 162 valence electrons. The Morgan fingerprint density at radius 1 is 0.733 bits per heavy atom. The molecule has 11 heteroatoms. The van der Waals surface area contributed by atoms with Crippen LogP contribution in [0.25, 0.3) is 0 Å². The quantitative estimate of drug-likeness (QED) is 0.230. The second-order valence-corrected chi connectivity index (χ2v) is 6.79. The number of amides is 2. The van der Waals surface area contributed by atoms with E-state index in [0.717, 1.165) is 0 Å². The molecule has 1 aliphatic heterocycles. The van der Waals surface area contributed by atoms with Crippen molar-refractivity contribution in [2.75, 3.05) is 91.6 Å². The van der Waals surface area contributed by atoms with E-state index in [1.165, 1.54) is 0 Å². The van der Waals surface area contributed by atoms with Gasteiger partial charge in [-0.15, -0.1) is 0 Å². The average molecular weight is 415 g/mol. The normalized spacial score (nSPS) is 13.3. The molecule has 0 aliphatic carbocycles. The molecule has 0 aromatic rings.